The summed E-state index contributed by atoms with van der Waals surface area (Å²) in [5.41, 5.74) is 5.25. The van der Waals surface area contributed by atoms with Crippen molar-refractivity contribution in [2.75, 3.05) is 0 Å². The Bertz CT molecular complexity index is 853. The van der Waals surface area contributed by atoms with Gasteiger partial charge in [-0.25, -0.2) is 0 Å². The zero-order valence-corrected chi connectivity index (χ0v) is 13.6. The smallest absolute Gasteiger partial charge is 0.149 e. The van der Waals surface area contributed by atoms with E-state index in [2.05, 4.69) is 24.3 Å². The van der Waals surface area contributed by atoms with Crippen molar-refractivity contribution in [1.82, 2.24) is 0 Å². The van der Waals surface area contributed by atoms with E-state index in [1.807, 2.05) is 48.5 Å². The fraction of sp³-hybridized carbons (Fsp3) is 0.0526. The Morgan fingerprint density at radius 1 is 0.739 bits per heavy atom. The van der Waals surface area contributed by atoms with Gasteiger partial charge in [-0.05, 0) is 22.3 Å². The van der Waals surface area contributed by atoms with Gasteiger partial charge in [0.2, 0.25) is 0 Å². The van der Waals surface area contributed by atoms with Gasteiger partial charge in [-0.1, -0.05) is 84.2 Å². The summed E-state index contributed by atoms with van der Waals surface area (Å²) in [6.07, 6.45) is 0. The Balaban J connectivity index is 1.75. The monoisotopic (exact) mass is 330 g/mol. The van der Waals surface area contributed by atoms with E-state index in [0.717, 1.165) is 4.24 Å². The first kappa shape index (κ1) is 14.2. The van der Waals surface area contributed by atoms with Crippen LogP contribution >= 0.6 is 23.5 Å². The minimum atomic E-state index is -0.128. The fourth-order valence-corrected chi connectivity index (χ4v) is 5.93. The van der Waals surface area contributed by atoms with Gasteiger partial charge in [0, 0.05) is 0 Å². The van der Waals surface area contributed by atoms with E-state index in [-0.39, 0.29) is 9.65 Å². The van der Waals surface area contributed by atoms with Crippen molar-refractivity contribution in [3.05, 3.63) is 81.6 Å². The van der Waals surface area contributed by atoms with Crippen LogP contribution in [0.1, 0.15) is 11.1 Å². The van der Waals surface area contributed by atoms with Crippen molar-refractivity contribution in [3.63, 3.8) is 0 Å². The van der Waals surface area contributed by atoms with Crippen LogP contribution < -0.4 is 0 Å². The van der Waals surface area contributed by atoms with Crippen LogP contribution in [0.5, 0.6) is 0 Å². The van der Waals surface area contributed by atoms with Crippen LogP contribution in [0.4, 0.5) is 0 Å². The lowest BCUT2D eigenvalue weighted by Gasteiger charge is -2.31. The standard InChI is InChI=1S/C19H10N2S2/c20-11-15(12-21)18-22-19(23-18)16(13-7-3-1-4-8-13)17(19)14-9-5-2-6-10-14/h1-10H. The predicted octanol–water partition coefficient (Wildman–Crippen LogP) is 5.05. The highest BCUT2D eigenvalue weighted by Crippen LogP contribution is 2.81. The van der Waals surface area contributed by atoms with E-state index >= 15 is 0 Å². The molecule has 0 radical (unpaired) electrons. The number of allylic oxidation sites excluding steroid dienone is 1. The second-order valence-electron chi connectivity index (χ2n) is 5.19. The molecule has 2 aliphatic rings. The lowest BCUT2D eigenvalue weighted by atomic mass is 10.1. The number of nitrogens with zero attached hydrogens (tertiary/aromatic N) is 2. The lowest BCUT2D eigenvalue weighted by Crippen LogP contribution is -2.15. The van der Waals surface area contributed by atoms with Gasteiger partial charge in [-0.2, -0.15) is 10.5 Å². The highest BCUT2D eigenvalue weighted by atomic mass is 32.3. The molecular formula is C19H10N2S2. The van der Waals surface area contributed by atoms with E-state index in [0.29, 0.717) is 0 Å². The summed E-state index contributed by atoms with van der Waals surface area (Å²) >= 11 is 3.26. The second-order valence-corrected chi connectivity index (χ2v) is 8.16. The zero-order valence-electron chi connectivity index (χ0n) is 12.0. The number of hydrogen-bond donors (Lipinski definition) is 0. The summed E-state index contributed by atoms with van der Waals surface area (Å²) in [4.78, 5) is 0. The van der Waals surface area contributed by atoms with E-state index in [4.69, 9.17) is 10.5 Å². The van der Waals surface area contributed by atoms with Gasteiger partial charge >= 0.3 is 0 Å². The van der Waals surface area contributed by atoms with Crippen LogP contribution in [-0.2, 0) is 0 Å². The first-order chi connectivity index (χ1) is 11.3. The molecule has 0 N–H and O–H groups in total. The number of hydrogen-bond acceptors (Lipinski definition) is 4. The average Bonchev–Trinajstić information content (AvgIpc) is 3.27. The van der Waals surface area contributed by atoms with Gasteiger partial charge in [0.15, 0.2) is 0 Å². The van der Waals surface area contributed by atoms with E-state index < -0.39 is 0 Å². The van der Waals surface area contributed by atoms with Gasteiger partial charge in [0.05, 0.1) is 4.24 Å². The SMILES string of the molecule is N#CC(C#N)=C1SC2(S1)C(c1ccccc1)=C2c1ccccc1. The summed E-state index contributed by atoms with van der Waals surface area (Å²) < 4.78 is 0.700. The van der Waals surface area contributed by atoms with Crippen LogP contribution in [0, 0.1) is 22.7 Å². The summed E-state index contributed by atoms with van der Waals surface area (Å²) in [7, 11) is 0. The van der Waals surface area contributed by atoms with Crippen LogP contribution in [0.3, 0.4) is 0 Å². The quantitative estimate of drug-likeness (QED) is 0.723. The van der Waals surface area contributed by atoms with E-state index in [9.17, 15) is 0 Å². The van der Waals surface area contributed by atoms with Gasteiger partial charge < -0.3 is 0 Å². The Labute approximate surface area is 143 Å². The molecule has 0 unspecified atom stereocenters. The minimum absolute atomic E-state index is 0.128. The first-order valence-electron chi connectivity index (χ1n) is 7.09. The average molecular weight is 330 g/mol. The van der Waals surface area contributed by atoms with Gasteiger partial charge in [-0.3, -0.25) is 0 Å². The molecule has 0 aromatic heterocycles. The predicted molar refractivity (Wildman–Crippen MR) is 95.9 cm³/mol. The third-order valence-corrected chi connectivity index (χ3v) is 7.04. The summed E-state index contributed by atoms with van der Waals surface area (Å²) in [5.74, 6) is 0. The third kappa shape index (κ3) is 2.11. The van der Waals surface area contributed by atoms with Gasteiger partial charge in [0.25, 0.3) is 0 Å². The lowest BCUT2D eigenvalue weighted by molar-refractivity contribution is 1.45. The van der Waals surface area contributed by atoms with Crippen molar-refractivity contribution >= 4 is 34.7 Å². The maximum absolute atomic E-state index is 9.05. The third-order valence-electron chi connectivity index (χ3n) is 3.87. The molecule has 1 aliphatic heterocycles. The van der Waals surface area contributed by atoms with Crippen molar-refractivity contribution in [2.45, 2.75) is 4.08 Å². The van der Waals surface area contributed by atoms with Gasteiger partial charge in [0.1, 0.15) is 21.8 Å². The van der Waals surface area contributed by atoms with E-state index in [1.54, 1.807) is 23.5 Å². The van der Waals surface area contributed by atoms with Crippen LogP contribution in [0.15, 0.2) is 70.5 Å². The molecule has 0 saturated carbocycles. The molecule has 0 bridgehead atoms. The highest BCUT2D eigenvalue weighted by Gasteiger charge is 2.63. The molecule has 23 heavy (non-hydrogen) atoms. The zero-order chi connectivity index (χ0) is 15.9. The summed E-state index contributed by atoms with van der Waals surface area (Å²) in [6.45, 7) is 0. The maximum Gasteiger partial charge on any atom is 0.149 e. The van der Waals surface area contributed by atoms with Crippen molar-refractivity contribution in [1.29, 1.82) is 10.5 Å². The molecule has 2 aromatic rings. The van der Waals surface area contributed by atoms with Crippen LogP contribution in [0.2, 0.25) is 0 Å². The molecule has 2 aromatic carbocycles. The summed E-state index contributed by atoms with van der Waals surface area (Å²) in [5, 5.41) is 18.1. The molecular weight excluding hydrogens is 320 g/mol. The molecule has 108 valence electrons. The van der Waals surface area contributed by atoms with Crippen molar-refractivity contribution < 1.29 is 0 Å². The number of thioether (sulfide) groups is 2. The fourth-order valence-electron chi connectivity index (χ4n) is 2.82. The molecule has 1 spiro atoms. The Morgan fingerprint density at radius 3 is 1.57 bits per heavy atom. The normalized spacial score (nSPS) is 17.2. The Kier molecular flexibility index (Phi) is 3.31. The number of benzene rings is 2. The molecule has 1 heterocycles. The molecule has 1 saturated heterocycles. The highest BCUT2D eigenvalue weighted by molar-refractivity contribution is 8.41. The summed E-state index contributed by atoms with van der Waals surface area (Å²) in [6, 6.07) is 24.6. The molecule has 2 nitrogen and oxygen atoms in total. The second kappa shape index (κ2) is 5.35. The van der Waals surface area contributed by atoms with Crippen LogP contribution in [-0.4, -0.2) is 4.08 Å². The number of nitriles is 2. The Hall–Kier alpha value is -2.40. The molecule has 4 rings (SSSR count). The first-order valence-corrected chi connectivity index (χ1v) is 8.72. The maximum atomic E-state index is 9.05. The molecule has 0 atom stereocenters. The molecule has 1 fully saturated rings. The largest absolute Gasteiger partial charge is 0.192 e. The molecule has 0 amide bonds. The van der Waals surface area contributed by atoms with Gasteiger partial charge in [-0.15, -0.1) is 0 Å². The Morgan fingerprint density at radius 2 is 1.17 bits per heavy atom. The molecule has 1 aliphatic carbocycles. The topological polar surface area (TPSA) is 47.6 Å². The van der Waals surface area contributed by atoms with Crippen molar-refractivity contribution in [3.8, 4) is 12.1 Å². The van der Waals surface area contributed by atoms with Crippen LogP contribution in [0.25, 0.3) is 11.1 Å². The number of rotatable bonds is 2. The minimum Gasteiger partial charge on any atom is -0.192 e. The van der Waals surface area contributed by atoms with E-state index in [1.165, 1.54) is 22.3 Å². The molecule has 4 heteroatoms. The van der Waals surface area contributed by atoms with Crippen molar-refractivity contribution in [2.24, 2.45) is 0 Å².